The van der Waals surface area contributed by atoms with Crippen LogP contribution in [0.1, 0.15) is 34.3 Å². The Morgan fingerprint density at radius 3 is 2.46 bits per heavy atom. The van der Waals surface area contributed by atoms with E-state index in [0.717, 1.165) is 5.56 Å². The van der Waals surface area contributed by atoms with Crippen LogP contribution < -0.4 is 19.9 Å². The summed E-state index contributed by atoms with van der Waals surface area (Å²) in [4.78, 5) is 24.9. The molecule has 1 aliphatic carbocycles. The van der Waals surface area contributed by atoms with Crippen molar-refractivity contribution in [3.63, 3.8) is 0 Å². The molecule has 5 rings (SSSR count). The number of benzene rings is 3. The smallest absolute Gasteiger partial charge is 0.454 e. The summed E-state index contributed by atoms with van der Waals surface area (Å²) in [5.74, 6) is 0.0210. The molecule has 1 saturated carbocycles. The molecule has 180 valence electrons. The van der Waals surface area contributed by atoms with Gasteiger partial charge in [-0.3, -0.25) is 9.59 Å². The zero-order valence-electron chi connectivity index (χ0n) is 18.4. The van der Waals surface area contributed by atoms with Gasteiger partial charge in [0.1, 0.15) is 11.5 Å². The number of primary amides is 1. The van der Waals surface area contributed by atoms with E-state index in [1.54, 1.807) is 12.1 Å². The molecule has 0 bridgehead atoms. The Balaban J connectivity index is 1.46. The quantitative estimate of drug-likeness (QED) is 0.515. The SMILES string of the molecule is NC(=O)c1cccc(-c2cc(CC(=O)C3(c4ccc5c(c4)OCO5)CC3)ccc2OC(F)(F)F)c1. The molecule has 3 aromatic carbocycles. The van der Waals surface area contributed by atoms with Crippen molar-refractivity contribution in [1.82, 2.24) is 0 Å². The van der Waals surface area contributed by atoms with E-state index in [1.165, 1.54) is 36.4 Å². The van der Waals surface area contributed by atoms with Crippen LogP contribution >= 0.6 is 0 Å². The molecule has 2 N–H and O–H groups in total. The maximum Gasteiger partial charge on any atom is 0.573 e. The fraction of sp³-hybridized carbons (Fsp3) is 0.231. The topological polar surface area (TPSA) is 87.9 Å². The predicted octanol–water partition coefficient (Wildman–Crippen LogP) is 4.92. The van der Waals surface area contributed by atoms with Gasteiger partial charge in [-0.1, -0.05) is 24.3 Å². The van der Waals surface area contributed by atoms with Crippen LogP contribution in [0.5, 0.6) is 17.2 Å². The fourth-order valence-electron chi connectivity index (χ4n) is 4.37. The third kappa shape index (κ3) is 4.53. The van der Waals surface area contributed by atoms with Crippen LogP contribution in [0.4, 0.5) is 13.2 Å². The summed E-state index contributed by atoms with van der Waals surface area (Å²) in [5, 5.41) is 0. The van der Waals surface area contributed by atoms with Gasteiger partial charge in [-0.05, 0) is 65.9 Å². The van der Waals surface area contributed by atoms with E-state index in [9.17, 15) is 22.8 Å². The van der Waals surface area contributed by atoms with E-state index in [-0.39, 0.29) is 30.1 Å². The van der Waals surface area contributed by atoms with Crippen molar-refractivity contribution in [2.75, 3.05) is 6.79 Å². The average Bonchev–Trinajstić information content (AvgIpc) is 3.50. The zero-order valence-corrected chi connectivity index (χ0v) is 18.4. The third-order valence-corrected chi connectivity index (χ3v) is 6.30. The standard InChI is InChI=1S/C26H20F3NO5/c27-26(28,29)35-20-6-4-15(10-19(20)16-2-1-3-17(12-16)24(30)32)11-23(31)25(8-9-25)18-5-7-21-22(13-18)34-14-33-21/h1-7,10,12-13H,8-9,11,14H2,(H2,30,32). The number of nitrogens with two attached hydrogens (primary N) is 1. The highest BCUT2D eigenvalue weighted by atomic mass is 19.4. The second-order valence-corrected chi connectivity index (χ2v) is 8.57. The number of carbonyl (C=O) groups excluding carboxylic acids is 2. The lowest BCUT2D eigenvalue weighted by Gasteiger charge is -2.17. The van der Waals surface area contributed by atoms with Gasteiger partial charge in [0.05, 0.1) is 5.41 Å². The van der Waals surface area contributed by atoms with E-state index in [2.05, 4.69) is 4.74 Å². The number of hydrogen-bond acceptors (Lipinski definition) is 5. The van der Waals surface area contributed by atoms with Crippen LogP contribution in [0.2, 0.25) is 0 Å². The molecule has 6 nitrogen and oxygen atoms in total. The maximum atomic E-state index is 13.4. The summed E-state index contributed by atoms with van der Waals surface area (Å²) in [6.45, 7) is 0.131. The van der Waals surface area contributed by atoms with E-state index < -0.39 is 23.4 Å². The fourth-order valence-corrected chi connectivity index (χ4v) is 4.37. The molecule has 0 aromatic heterocycles. The van der Waals surface area contributed by atoms with Crippen molar-refractivity contribution in [2.45, 2.75) is 31.0 Å². The van der Waals surface area contributed by atoms with Crippen molar-refractivity contribution < 1.29 is 37.0 Å². The van der Waals surface area contributed by atoms with Gasteiger partial charge in [0.25, 0.3) is 0 Å². The molecule has 0 spiro atoms. The van der Waals surface area contributed by atoms with E-state index in [4.69, 9.17) is 15.2 Å². The van der Waals surface area contributed by atoms with Gasteiger partial charge < -0.3 is 19.9 Å². The number of fused-ring (bicyclic) bond motifs is 1. The summed E-state index contributed by atoms with van der Waals surface area (Å²) in [5.41, 5.74) is 6.58. The lowest BCUT2D eigenvalue weighted by atomic mass is 9.87. The monoisotopic (exact) mass is 483 g/mol. The van der Waals surface area contributed by atoms with Crippen LogP contribution in [-0.4, -0.2) is 24.8 Å². The van der Waals surface area contributed by atoms with Crippen molar-refractivity contribution in [3.05, 3.63) is 77.4 Å². The number of rotatable bonds is 7. The maximum absolute atomic E-state index is 13.4. The first-order valence-electron chi connectivity index (χ1n) is 10.9. The highest BCUT2D eigenvalue weighted by Gasteiger charge is 2.50. The third-order valence-electron chi connectivity index (χ3n) is 6.30. The van der Waals surface area contributed by atoms with Crippen molar-refractivity contribution >= 4 is 11.7 Å². The molecule has 0 unspecified atom stereocenters. The Hall–Kier alpha value is -4.01. The Kier molecular flexibility index (Phi) is 5.42. The highest BCUT2D eigenvalue weighted by molar-refractivity contribution is 5.96. The number of ether oxygens (including phenoxy) is 3. The van der Waals surface area contributed by atoms with Crippen LogP contribution in [0.15, 0.2) is 60.7 Å². The van der Waals surface area contributed by atoms with E-state index in [1.807, 2.05) is 12.1 Å². The van der Waals surface area contributed by atoms with Gasteiger partial charge in [0.15, 0.2) is 11.5 Å². The van der Waals surface area contributed by atoms with Crippen molar-refractivity contribution in [1.29, 1.82) is 0 Å². The first kappa shape index (κ1) is 22.8. The average molecular weight is 483 g/mol. The molecule has 9 heteroatoms. The van der Waals surface area contributed by atoms with Crippen LogP contribution in [-0.2, 0) is 16.6 Å². The zero-order chi connectivity index (χ0) is 24.8. The molecule has 1 heterocycles. The molecular formula is C26H20F3NO5. The molecule has 3 aromatic rings. The normalized spacial score (nSPS) is 15.5. The minimum absolute atomic E-state index is 0.0171. The lowest BCUT2D eigenvalue weighted by molar-refractivity contribution is -0.274. The summed E-state index contributed by atoms with van der Waals surface area (Å²) in [7, 11) is 0. The van der Waals surface area contributed by atoms with E-state index in [0.29, 0.717) is 35.5 Å². The summed E-state index contributed by atoms with van der Waals surface area (Å²) in [6.07, 6.45) is -3.55. The molecule has 2 aliphatic rings. The van der Waals surface area contributed by atoms with Crippen LogP contribution in [0, 0.1) is 0 Å². The number of carbonyl (C=O) groups is 2. The minimum atomic E-state index is -4.91. The summed E-state index contributed by atoms with van der Waals surface area (Å²) in [6, 6.07) is 15.5. The molecule has 1 amide bonds. The van der Waals surface area contributed by atoms with Gasteiger partial charge >= 0.3 is 6.36 Å². The Morgan fingerprint density at radius 2 is 1.74 bits per heavy atom. The van der Waals surface area contributed by atoms with Crippen LogP contribution in [0.25, 0.3) is 11.1 Å². The number of amides is 1. The number of hydrogen-bond donors (Lipinski definition) is 1. The van der Waals surface area contributed by atoms with Gasteiger partial charge in [0, 0.05) is 17.5 Å². The van der Waals surface area contributed by atoms with Gasteiger partial charge in [-0.25, -0.2) is 0 Å². The second kappa shape index (κ2) is 8.33. The number of ketones is 1. The van der Waals surface area contributed by atoms with Gasteiger partial charge in [-0.2, -0.15) is 0 Å². The summed E-state index contributed by atoms with van der Waals surface area (Å²) >= 11 is 0. The Morgan fingerprint density at radius 1 is 0.971 bits per heavy atom. The van der Waals surface area contributed by atoms with Gasteiger partial charge in [0.2, 0.25) is 12.7 Å². The highest BCUT2D eigenvalue weighted by Crippen LogP contribution is 2.51. The number of alkyl halides is 3. The first-order chi connectivity index (χ1) is 16.6. The first-order valence-corrected chi connectivity index (χ1v) is 10.9. The molecule has 0 atom stereocenters. The van der Waals surface area contributed by atoms with Crippen molar-refractivity contribution in [2.24, 2.45) is 5.73 Å². The molecule has 1 fully saturated rings. The molecule has 1 aliphatic heterocycles. The minimum Gasteiger partial charge on any atom is -0.454 e. The van der Waals surface area contributed by atoms with Crippen molar-refractivity contribution in [3.8, 4) is 28.4 Å². The number of halogens is 3. The van der Waals surface area contributed by atoms with Crippen LogP contribution in [0.3, 0.4) is 0 Å². The Labute approximate surface area is 198 Å². The van der Waals surface area contributed by atoms with E-state index >= 15 is 0 Å². The predicted molar refractivity (Wildman–Crippen MR) is 119 cm³/mol. The molecule has 0 saturated heterocycles. The summed E-state index contributed by atoms with van der Waals surface area (Å²) < 4.78 is 54.1. The lowest BCUT2D eigenvalue weighted by Crippen LogP contribution is -2.22. The van der Waals surface area contributed by atoms with Gasteiger partial charge in [-0.15, -0.1) is 13.2 Å². The molecular weight excluding hydrogens is 463 g/mol. The largest absolute Gasteiger partial charge is 0.573 e. The molecule has 0 radical (unpaired) electrons. The second-order valence-electron chi connectivity index (χ2n) is 8.57. The molecule has 35 heavy (non-hydrogen) atoms. The number of Topliss-reactive ketones (excluding diaryl/α,β-unsaturated/α-hetero) is 1. The Bertz CT molecular complexity index is 1330.